The van der Waals surface area contributed by atoms with E-state index in [4.69, 9.17) is 45.5 Å². The van der Waals surface area contributed by atoms with Crippen molar-refractivity contribution in [3.05, 3.63) is 69.3 Å². The fourth-order valence-electron chi connectivity index (χ4n) is 4.02. The number of hydrogen-bond acceptors (Lipinski definition) is 3. The first-order valence-corrected chi connectivity index (χ1v) is 12.9. The predicted octanol–water partition coefficient (Wildman–Crippen LogP) is 7.36. The van der Waals surface area contributed by atoms with Gasteiger partial charge in [0.25, 0.3) is 0 Å². The van der Waals surface area contributed by atoms with Crippen LogP contribution >= 0.6 is 35.4 Å². The Hall–Kier alpha value is -2.65. The summed E-state index contributed by atoms with van der Waals surface area (Å²) in [5.41, 5.74) is 5.24. The van der Waals surface area contributed by atoms with Crippen molar-refractivity contribution < 1.29 is 0 Å². The van der Waals surface area contributed by atoms with Gasteiger partial charge in [0.05, 0.1) is 21.9 Å². The highest BCUT2D eigenvalue weighted by Gasteiger charge is 2.40. The molecule has 2 heterocycles. The molecule has 0 spiro atoms. The highest BCUT2D eigenvalue weighted by molar-refractivity contribution is 7.80. The second-order valence-electron chi connectivity index (χ2n) is 9.02. The minimum atomic E-state index is -0.365. The number of nitrogens with zero attached hydrogens (tertiary/aromatic N) is 4. The van der Waals surface area contributed by atoms with Gasteiger partial charge < -0.3 is 4.90 Å². The molecular formula is C28H28Cl2N4S. The molecule has 0 N–H and O–H groups in total. The molecule has 1 aliphatic rings. The van der Waals surface area contributed by atoms with E-state index < -0.39 is 0 Å². The Morgan fingerprint density at radius 2 is 1.77 bits per heavy atom. The Balaban J connectivity index is 1.93. The maximum Gasteiger partial charge on any atom is 0.158 e. The van der Waals surface area contributed by atoms with E-state index in [1.165, 1.54) is 0 Å². The molecule has 1 aromatic heterocycles. The lowest BCUT2D eigenvalue weighted by molar-refractivity contribution is 0.363. The van der Waals surface area contributed by atoms with Crippen molar-refractivity contribution in [2.24, 2.45) is 4.99 Å². The largest absolute Gasteiger partial charge is 0.346 e. The lowest BCUT2D eigenvalue weighted by Gasteiger charge is -2.29. The molecule has 1 aliphatic heterocycles. The number of unbranched alkanes of at least 4 members (excludes halogenated alkanes) is 1. The summed E-state index contributed by atoms with van der Waals surface area (Å²) >= 11 is 18.4. The summed E-state index contributed by atoms with van der Waals surface area (Å²) in [4.78, 5) is 7.51. The van der Waals surface area contributed by atoms with Crippen molar-refractivity contribution in [2.75, 3.05) is 7.05 Å². The average Bonchev–Trinajstić information content (AvgIpc) is 3.30. The van der Waals surface area contributed by atoms with Gasteiger partial charge in [0.1, 0.15) is 10.7 Å². The van der Waals surface area contributed by atoms with Crippen LogP contribution in [0.4, 0.5) is 0 Å². The van der Waals surface area contributed by atoms with Gasteiger partial charge >= 0.3 is 0 Å². The summed E-state index contributed by atoms with van der Waals surface area (Å²) in [6.07, 6.45) is 2.70. The zero-order valence-corrected chi connectivity index (χ0v) is 22.9. The van der Waals surface area contributed by atoms with Crippen molar-refractivity contribution in [1.82, 2.24) is 14.7 Å². The molecule has 0 unspecified atom stereocenters. The van der Waals surface area contributed by atoms with E-state index in [9.17, 15) is 0 Å². The van der Waals surface area contributed by atoms with E-state index >= 15 is 0 Å². The number of halogens is 2. The van der Waals surface area contributed by atoms with Crippen LogP contribution < -0.4 is 0 Å². The minimum absolute atomic E-state index is 0.365. The SMILES string of the molecule is CCCC#Cc1ccc(-c2c(CC)c(C3=NC(=S)C(C)(C)N3C)nn2-c2ccc(Cl)cc2Cl)cc1. The van der Waals surface area contributed by atoms with Crippen LogP contribution in [0.5, 0.6) is 0 Å². The second kappa shape index (κ2) is 10.1. The Bertz CT molecular complexity index is 1370. The third-order valence-electron chi connectivity index (χ3n) is 6.34. The number of rotatable bonds is 5. The Kier molecular flexibility index (Phi) is 7.38. The highest BCUT2D eigenvalue weighted by Crippen LogP contribution is 2.36. The topological polar surface area (TPSA) is 33.4 Å². The standard InChI is InChI=1S/C28H28Cl2N4S/c1-6-8-9-10-18-11-13-19(14-12-18)25-21(7-2)24(26-31-27(35)28(3,4)33(26)5)32-34(25)23-16-15-20(29)17-22(23)30/h11-17H,6-8H2,1-5H3. The molecule has 3 aromatic rings. The van der Waals surface area contributed by atoms with E-state index in [2.05, 4.69) is 68.7 Å². The van der Waals surface area contributed by atoms with Crippen LogP contribution in [0.15, 0.2) is 47.5 Å². The molecule has 7 heteroatoms. The fourth-order valence-corrected chi connectivity index (χ4v) is 4.73. The summed E-state index contributed by atoms with van der Waals surface area (Å²) in [5.74, 6) is 7.21. The van der Waals surface area contributed by atoms with Crippen LogP contribution in [-0.2, 0) is 6.42 Å². The van der Waals surface area contributed by atoms with E-state index in [-0.39, 0.29) is 5.54 Å². The van der Waals surface area contributed by atoms with Crippen LogP contribution in [0.2, 0.25) is 10.0 Å². The molecule has 0 atom stereocenters. The summed E-state index contributed by atoms with van der Waals surface area (Å²) in [6.45, 7) is 8.40. The first-order valence-electron chi connectivity index (χ1n) is 11.7. The lowest BCUT2D eigenvalue weighted by atomic mass is 10.0. The monoisotopic (exact) mass is 522 g/mol. The van der Waals surface area contributed by atoms with Crippen molar-refractivity contribution >= 4 is 46.2 Å². The van der Waals surface area contributed by atoms with Crippen LogP contribution in [0.25, 0.3) is 16.9 Å². The molecule has 0 radical (unpaired) electrons. The van der Waals surface area contributed by atoms with E-state index in [0.717, 1.165) is 58.9 Å². The number of amidine groups is 1. The number of hydrogen-bond donors (Lipinski definition) is 0. The third-order valence-corrected chi connectivity index (χ3v) is 7.47. The normalized spacial score (nSPS) is 14.7. The summed E-state index contributed by atoms with van der Waals surface area (Å²) in [7, 11) is 2.01. The maximum absolute atomic E-state index is 6.66. The first-order chi connectivity index (χ1) is 16.7. The molecular weight excluding hydrogens is 495 g/mol. The van der Waals surface area contributed by atoms with Gasteiger partial charge in [-0.3, -0.25) is 0 Å². The quantitative estimate of drug-likeness (QED) is 0.259. The number of benzene rings is 2. The van der Waals surface area contributed by atoms with Gasteiger partial charge in [0.15, 0.2) is 5.84 Å². The molecule has 35 heavy (non-hydrogen) atoms. The van der Waals surface area contributed by atoms with Gasteiger partial charge in [-0.2, -0.15) is 5.10 Å². The van der Waals surface area contributed by atoms with Gasteiger partial charge in [-0.05, 0) is 57.0 Å². The lowest BCUT2D eigenvalue weighted by Crippen LogP contribution is -2.44. The van der Waals surface area contributed by atoms with Gasteiger partial charge in [0.2, 0.25) is 0 Å². The van der Waals surface area contributed by atoms with Crippen molar-refractivity contribution in [3.8, 4) is 28.8 Å². The van der Waals surface area contributed by atoms with Crippen LogP contribution in [0.1, 0.15) is 57.4 Å². The number of aliphatic imine (C=N–C) groups is 1. The van der Waals surface area contributed by atoms with Gasteiger partial charge in [-0.25, -0.2) is 9.67 Å². The summed E-state index contributed by atoms with van der Waals surface area (Å²) < 4.78 is 1.90. The van der Waals surface area contributed by atoms with Crippen LogP contribution in [0, 0.1) is 11.8 Å². The molecule has 0 saturated carbocycles. The molecule has 4 rings (SSSR count). The van der Waals surface area contributed by atoms with Gasteiger partial charge in [-0.1, -0.05) is 73.2 Å². The fraction of sp³-hybridized carbons (Fsp3) is 0.321. The Morgan fingerprint density at radius 3 is 2.34 bits per heavy atom. The maximum atomic E-state index is 6.66. The molecule has 0 amide bonds. The zero-order chi connectivity index (χ0) is 25.3. The Morgan fingerprint density at radius 1 is 1.06 bits per heavy atom. The third kappa shape index (κ3) is 4.76. The molecule has 4 nitrogen and oxygen atoms in total. The van der Waals surface area contributed by atoms with Crippen molar-refractivity contribution in [2.45, 2.75) is 52.5 Å². The van der Waals surface area contributed by atoms with E-state index in [1.807, 2.05) is 23.9 Å². The Labute approximate surface area is 223 Å². The predicted molar refractivity (Wildman–Crippen MR) is 151 cm³/mol. The summed E-state index contributed by atoms with van der Waals surface area (Å²) in [6, 6.07) is 13.7. The smallest absolute Gasteiger partial charge is 0.158 e. The minimum Gasteiger partial charge on any atom is -0.346 e. The average molecular weight is 524 g/mol. The first kappa shape index (κ1) is 25.4. The van der Waals surface area contributed by atoms with E-state index in [1.54, 1.807) is 6.07 Å². The second-order valence-corrected chi connectivity index (χ2v) is 10.3. The molecule has 2 aromatic carbocycles. The van der Waals surface area contributed by atoms with Gasteiger partial charge in [0, 0.05) is 35.2 Å². The number of thiocarbonyl (C=S) groups is 1. The molecule has 0 bridgehead atoms. The van der Waals surface area contributed by atoms with Gasteiger partial charge in [-0.15, -0.1) is 0 Å². The van der Waals surface area contributed by atoms with E-state index in [0.29, 0.717) is 15.0 Å². The number of likely N-dealkylation sites (N-methyl/N-ethyl adjacent to an activating group) is 1. The zero-order valence-electron chi connectivity index (χ0n) is 20.6. The van der Waals surface area contributed by atoms with Crippen molar-refractivity contribution in [1.29, 1.82) is 0 Å². The molecule has 0 fully saturated rings. The van der Waals surface area contributed by atoms with Crippen LogP contribution in [-0.4, -0.2) is 38.1 Å². The molecule has 180 valence electrons. The summed E-state index contributed by atoms with van der Waals surface area (Å²) in [5, 5.41) is 6.16. The van der Waals surface area contributed by atoms with Crippen molar-refractivity contribution in [3.63, 3.8) is 0 Å². The molecule has 0 saturated heterocycles. The highest BCUT2D eigenvalue weighted by atomic mass is 35.5. The van der Waals surface area contributed by atoms with Crippen LogP contribution in [0.3, 0.4) is 0 Å². The molecule has 0 aliphatic carbocycles. The number of aromatic nitrogens is 2.